The van der Waals surface area contributed by atoms with Gasteiger partial charge in [-0.05, 0) is 6.42 Å². The van der Waals surface area contributed by atoms with Crippen LogP contribution in [0.25, 0.3) is 0 Å². The highest BCUT2D eigenvalue weighted by atomic mass is 16.5. The van der Waals surface area contributed by atoms with Gasteiger partial charge in [-0.3, -0.25) is 0 Å². The molecule has 1 aromatic rings. The van der Waals surface area contributed by atoms with Gasteiger partial charge >= 0.3 is 0 Å². The smallest absolute Gasteiger partial charge is 0.232 e. The van der Waals surface area contributed by atoms with Crippen LogP contribution in [0.2, 0.25) is 0 Å². The maximum Gasteiger partial charge on any atom is 0.232 e. The molecule has 0 amide bonds. The van der Waals surface area contributed by atoms with E-state index in [-0.39, 0.29) is 17.3 Å². The Hall–Kier alpha value is -0.940. The summed E-state index contributed by atoms with van der Waals surface area (Å²) in [6, 6.07) is -0.351. The third kappa shape index (κ3) is 2.76. The van der Waals surface area contributed by atoms with Crippen molar-refractivity contribution in [1.29, 1.82) is 0 Å². The third-order valence-corrected chi connectivity index (χ3v) is 2.22. The Morgan fingerprint density at radius 2 is 2.07 bits per heavy atom. The number of nitrogens with two attached hydrogens (primary N) is 1. The second kappa shape index (κ2) is 4.28. The van der Waals surface area contributed by atoms with Crippen LogP contribution in [-0.4, -0.2) is 21.3 Å². The molecule has 0 aromatic carbocycles. The summed E-state index contributed by atoms with van der Waals surface area (Å²) >= 11 is 0. The highest BCUT2D eigenvalue weighted by Gasteiger charge is 2.26. The number of aromatic nitrogens is 2. The van der Waals surface area contributed by atoms with Gasteiger partial charge in [0.15, 0.2) is 0 Å². The number of hydrogen-bond acceptors (Lipinski definition) is 5. The van der Waals surface area contributed by atoms with Gasteiger partial charge in [0.05, 0.1) is 0 Å². The Bertz CT molecular complexity index is 317. The van der Waals surface area contributed by atoms with E-state index in [9.17, 15) is 5.11 Å². The second-order valence-electron chi connectivity index (χ2n) is 4.72. The average molecular weight is 213 g/mol. The summed E-state index contributed by atoms with van der Waals surface area (Å²) < 4.78 is 5.07. The van der Waals surface area contributed by atoms with Crippen molar-refractivity contribution in [3.8, 4) is 0 Å². The molecule has 5 heteroatoms. The number of aliphatic hydroxyl groups is 1. The number of aliphatic hydroxyl groups excluding tert-OH is 1. The van der Waals surface area contributed by atoms with Gasteiger partial charge in [0, 0.05) is 11.5 Å². The lowest BCUT2D eigenvalue weighted by Gasteiger charge is -2.13. The van der Waals surface area contributed by atoms with Gasteiger partial charge in [-0.2, -0.15) is 4.98 Å². The van der Waals surface area contributed by atoms with Gasteiger partial charge in [-0.1, -0.05) is 32.9 Å². The summed E-state index contributed by atoms with van der Waals surface area (Å²) in [5.41, 5.74) is 5.49. The minimum atomic E-state index is -0.852. The van der Waals surface area contributed by atoms with E-state index >= 15 is 0 Å². The van der Waals surface area contributed by atoms with E-state index < -0.39 is 6.10 Å². The van der Waals surface area contributed by atoms with Gasteiger partial charge in [-0.25, -0.2) is 0 Å². The summed E-state index contributed by atoms with van der Waals surface area (Å²) in [4.78, 5) is 4.14. The van der Waals surface area contributed by atoms with E-state index in [1.54, 1.807) is 0 Å². The van der Waals surface area contributed by atoms with Crippen LogP contribution in [0.5, 0.6) is 0 Å². The van der Waals surface area contributed by atoms with Crippen molar-refractivity contribution in [3.63, 3.8) is 0 Å². The third-order valence-electron chi connectivity index (χ3n) is 2.22. The lowest BCUT2D eigenvalue weighted by atomic mass is 9.97. The monoisotopic (exact) mass is 213 g/mol. The van der Waals surface area contributed by atoms with Crippen LogP contribution >= 0.6 is 0 Å². The first-order valence-electron chi connectivity index (χ1n) is 5.14. The molecule has 5 nitrogen and oxygen atoms in total. The van der Waals surface area contributed by atoms with Gasteiger partial charge < -0.3 is 15.4 Å². The van der Waals surface area contributed by atoms with Crippen LogP contribution in [0.1, 0.15) is 51.9 Å². The van der Waals surface area contributed by atoms with Crippen molar-refractivity contribution in [3.05, 3.63) is 11.7 Å². The van der Waals surface area contributed by atoms with Crippen LogP contribution in [-0.2, 0) is 5.41 Å². The van der Waals surface area contributed by atoms with Crippen molar-refractivity contribution in [2.45, 2.75) is 51.7 Å². The Morgan fingerprint density at radius 3 is 2.47 bits per heavy atom. The number of nitrogens with zero attached hydrogens (tertiary/aromatic N) is 2. The van der Waals surface area contributed by atoms with E-state index in [0.717, 1.165) is 0 Å². The lowest BCUT2D eigenvalue weighted by Crippen LogP contribution is -2.28. The molecule has 0 radical (unpaired) electrons. The zero-order valence-electron chi connectivity index (χ0n) is 9.69. The van der Waals surface area contributed by atoms with Crippen molar-refractivity contribution >= 4 is 0 Å². The standard InChI is InChI=1S/C10H19N3O2/c1-5-6(11)7(14)8-12-9(15-13-8)10(2,3)4/h6-7,14H,5,11H2,1-4H3/t6?,7-/m0/s1. The fourth-order valence-electron chi connectivity index (χ4n) is 1.07. The van der Waals surface area contributed by atoms with Crippen molar-refractivity contribution in [2.24, 2.45) is 5.73 Å². The van der Waals surface area contributed by atoms with Crippen molar-refractivity contribution in [2.75, 3.05) is 0 Å². The first-order chi connectivity index (χ1) is 6.86. The molecule has 2 atom stereocenters. The van der Waals surface area contributed by atoms with Gasteiger partial charge in [0.25, 0.3) is 0 Å². The molecule has 1 aromatic heterocycles. The summed E-state index contributed by atoms with van der Waals surface area (Å²) in [5, 5.41) is 13.5. The zero-order valence-corrected chi connectivity index (χ0v) is 9.69. The molecule has 0 aliphatic heterocycles. The van der Waals surface area contributed by atoms with Gasteiger partial charge in [0.2, 0.25) is 11.7 Å². The van der Waals surface area contributed by atoms with Crippen LogP contribution in [0.3, 0.4) is 0 Å². The Kier molecular flexibility index (Phi) is 3.46. The maximum absolute atomic E-state index is 9.76. The molecule has 1 heterocycles. The van der Waals surface area contributed by atoms with E-state index in [1.807, 2.05) is 27.7 Å². The first-order valence-corrected chi connectivity index (χ1v) is 5.14. The fourth-order valence-corrected chi connectivity index (χ4v) is 1.07. The Balaban J connectivity index is 2.85. The van der Waals surface area contributed by atoms with Crippen molar-refractivity contribution < 1.29 is 9.63 Å². The molecule has 0 fully saturated rings. The molecular weight excluding hydrogens is 194 g/mol. The topological polar surface area (TPSA) is 85.2 Å². The minimum Gasteiger partial charge on any atom is -0.383 e. The zero-order chi connectivity index (χ0) is 11.6. The molecule has 86 valence electrons. The maximum atomic E-state index is 9.76. The Labute approximate surface area is 89.7 Å². The molecule has 0 aliphatic rings. The molecular formula is C10H19N3O2. The van der Waals surface area contributed by atoms with Crippen LogP contribution in [0, 0.1) is 0 Å². The normalized spacial score (nSPS) is 16.4. The highest BCUT2D eigenvalue weighted by Crippen LogP contribution is 2.22. The van der Waals surface area contributed by atoms with Gasteiger partial charge in [0.1, 0.15) is 6.10 Å². The van der Waals surface area contributed by atoms with Gasteiger partial charge in [-0.15, -0.1) is 0 Å². The molecule has 3 N–H and O–H groups in total. The summed E-state index contributed by atoms with van der Waals surface area (Å²) in [6.45, 7) is 7.81. The molecule has 15 heavy (non-hydrogen) atoms. The lowest BCUT2D eigenvalue weighted by molar-refractivity contribution is 0.131. The predicted molar refractivity (Wildman–Crippen MR) is 56.2 cm³/mol. The van der Waals surface area contributed by atoms with E-state index in [4.69, 9.17) is 10.3 Å². The quantitative estimate of drug-likeness (QED) is 0.786. The molecule has 1 unspecified atom stereocenters. The molecule has 0 aliphatic carbocycles. The van der Waals surface area contributed by atoms with E-state index in [2.05, 4.69) is 10.1 Å². The molecule has 0 spiro atoms. The Morgan fingerprint density at radius 1 is 1.47 bits per heavy atom. The molecule has 0 saturated heterocycles. The van der Waals surface area contributed by atoms with Crippen LogP contribution < -0.4 is 5.73 Å². The predicted octanol–water partition coefficient (Wildman–Crippen LogP) is 1.14. The van der Waals surface area contributed by atoms with E-state index in [1.165, 1.54) is 0 Å². The van der Waals surface area contributed by atoms with Crippen LogP contribution in [0.4, 0.5) is 0 Å². The number of rotatable bonds is 3. The van der Waals surface area contributed by atoms with E-state index in [0.29, 0.717) is 12.3 Å². The largest absolute Gasteiger partial charge is 0.383 e. The molecule has 0 saturated carbocycles. The first kappa shape index (κ1) is 12.1. The summed E-state index contributed by atoms with van der Waals surface area (Å²) in [5.74, 6) is 0.786. The highest BCUT2D eigenvalue weighted by molar-refractivity contribution is 5.01. The molecule has 0 bridgehead atoms. The SMILES string of the molecule is CCC(N)[C@H](O)c1noc(C(C)(C)C)n1. The summed E-state index contributed by atoms with van der Waals surface area (Å²) in [7, 11) is 0. The molecule has 1 rings (SSSR count). The number of hydrogen-bond donors (Lipinski definition) is 2. The van der Waals surface area contributed by atoms with Crippen LogP contribution in [0.15, 0.2) is 4.52 Å². The average Bonchev–Trinajstić information content (AvgIpc) is 2.63. The summed E-state index contributed by atoms with van der Waals surface area (Å²) in [6.07, 6.45) is -0.185. The minimum absolute atomic E-state index is 0.207. The second-order valence-corrected chi connectivity index (χ2v) is 4.72. The fraction of sp³-hybridized carbons (Fsp3) is 0.800. The van der Waals surface area contributed by atoms with Crippen molar-refractivity contribution in [1.82, 2.24) is 10.1 Å².